The molecule has 0 aliphatic heterocycles. The van der Waals surface area contributed by atoms with Gasteiger partial charge >= 0.3 is 6.18 Å². The number of benzene rings is 1. The summed E-state index contributed by atoms with van der Waals surface area (Å²) in [4.78, 5) is 16.2. The van der Waals surface area contributed by atoms with Crippen LogP contribution in [0.3, 0.4) is 0 Å². The molecule has 0 saturated carbocycles. The number of pyridine rings is 1. The highest BCUT2D eigenvalue weighted by atomic mass is 35.5. The summed E-state index contributed by atoms with van der Waals surface area (Å²) in [5, 5.41) is 14.8. The largest absolute Gasteiger partial charge is 0.497 e. The zero-order valence-corrected chi connectivity index (χ0v) is 17.7. The summed E-state index contributed by atoms with van der Waals surface area (Å²) < 4.78 is 45.7. The average Bonchev–Trinajstić information content (AvgIpc) is 3.29. The zero-order chi connectivity index (χ0) is 23.6. The number of methoxy groups -OCH3 is 1. The fourth-order valence-corrected chi connectivity index (χ4v) is 3.04. The molecule has 0 radical (unpaired) electrons. The monoisotopic (exact) mass is 477 g/mol. The van der Waals surface area contributed by atoms with Gasteiger partial charge in [0.05, 0.1) is 43.0 Å². The van der Waals surface area contributed by atoms with Crippen molar-refractivity contribution in [2.45, 2.75) is 12.7 Å². The molecule has 0 atom stereocenters. The van der Waals surface area contributed by atoms with Crippen LogP contribution in [0.1, 0.15) is 11.3 Å². The van der Waals surface area contributed by atoms with Crippen molar-refractivity contribution < 1.29 is 17.9 Å². The molecule has 0 saturated heterocycles. The Morgan fingerprint density at radius 1 is 1.18 bits per heavy atom. The summed E-state index contributed by atoms with van der Waals surface area (Å²) in [6, 6.07) is 9.10. The van der Waals surface area contributed by atoms with Gasteiger partial charge in [0.2, 0.25) is 0 Å². The number of anilines is 1. The number of alkyl halides is 3. The molecule has 0 spiro atoms. The summed E-state index contributed by atoms with van der Waals surface area (Å²) in [7, 11) is 1.56. The first kappa shape index (κ1) is 22.3. The highest BCUT2D eigenvalue weighted by Gasteiger charge is 2.30. The Balaban J connectivity index is 1.49. The van der Waals surface area contributed by atoms with Crippen LogP contribution in [0.15, 0.2) is 59.8 Å². The number of hydrogen-bond acceptors (Lipinski definition) is 7. The number of hydrogen-bond donors (Lipinski definition) is 1. The van der Waals surface area contributed by atoms with Gasteiger partial charge in [0.25, 0.3) is 5.56 Å². The second-order valence-corrected chi connectivity index (χ2v) is 7.08. The number of halogens is 4. The van der Waals surface area contributed by atoms with Crippen LogP contribution in [0.5, 0.6) is 5.75 Å². The Morgan fingerprint density at radius 3 is 2.70 bits per heavy atom. The van der Waals surface area contributed by atoms with Gasteiger partial charge in [-0.05, 0) is 24.3 Å². The number of ether oxygens (including phenoxy) is 1. The Labute approximate surface area is 189 Å². The molecule has 0 amide bonds. The molecule has 4 rings (SSSR count). The molecule has 33 heavy (non-hydrogen) atoms. The van der Waals surface area contributed by atoms with E-state index in [1.165, 1.54) is 6.20 Å². The normalized spacial score (nSPS) is 11.4. The molecular weight excluding hydrogens is 463 g/mol. The Bertz CT molecular complexity index is 1340. The maximum atomic E-state index is 12.7. The lowest BCUT2D eigenvalue weighted by atomic mass is 10.3. The molecule has 0 aliphatic rings. The van der Waals surface area contributed by atoms with Crippen LogP contribution in [0, 0.1) is 0 Å². The molecule has 4 aromatic rings. The van der Waals surface area contributed by atoms with E-state index in [0.717, 1.165) is 22.5 Å². The number of nitrogens with zero attached hydrogens (tertiary/aromatic N) is 6. The predicted molar refractivity (Wildman–Crippen MR) is 113 cm³/mol. The maximum absolute atomic E-state index is 12.7. The van der Waals surface area contributed by atoms with E-state index >= 15 is 0 Å². The van der Waals surface area contributed by atoms with Crippen LogP contribution in [-0.4, -0.2) is 36.9 Å². The minimum atomic E-state index is -4.54. The third-order valence-electron chi connectivity index (χ3n) is 4.53. The van der Waals surface area contributed by atoms with E-state index in [0.29, 0.717) is 17.6 Å². The number of aromatic nitrogens is 6. The summed E-state index contributed by atoms with van der Waals surface area (Å²) in [5.74, 6) is 0.575. The molecule has 1 N–H and O–H groups in total. The lowest BCUT2D eigenvalue weighted by molar-refractivity contribution is -0.137. The van der Waals surface area contributed by atoms with Crippen molar-refractivity contribution in [1.29, 1.82) is 0 Å². The number of rotatable bonds is 6. The molecule has 0 unspecified atom stereocenters. The van der Waals surface area contributed by atoms with Crippen LogP contribution in [-0.2, 0) is 12.7 Å². The van der Waals surface area contributed by atoms with Gasteiger partial charge in [-0.25, -0.2) is 9.67 Å². The van der Waals surface area contributed by atoms with Crippen molar-refractivity contribution >= 4 is 17.3 Å². The quantitative estimate of drug-likeness (QED) is 0.453. The van der Waals surface area contributed by atoms with E-state index in [1.807, 2.05) is 12.1 Å². The fraction of sp³-hybridized carbons (Fsp3) is 0.150. The van der Waals surface area contributed by atoms with Gasteiger partial charge in [0, 0.05) is 12.3 Å². The van der Waals surface area contributed by atoms with E-state index in [2.05, 4.69) is 25.7 Å². The van der Waals surface area contributed by atoms with E-state index in [9.17, 15) is 18.0 Å². The molecule has 1 aromatic carbocycles. The van der Waals surface area contributed by atoms with Gasteiger partial charge in [-0.15, -0.1) is 5.10 Å². The van der Waals surface area contributed by atoms with Crippen molar-refractivity contribution in [3.05, 3.63) is 81.6 Å². The smallest absolute Gasteiger partial charge is 0.417 e. The Hall–Kier alpha value is -3.93. The highest BCUT2D eigenvalue weighted by Crippen LogP contribution is 2.28. The summed E-state index contributed by atoms with van der Waals surface area (Å²) >= 11 is 6.15. The molecule has 9 nitrogen and oxygen atoms in total. The van der Waals surface area contributed by atoms with Gasteiger partial charge < -0.3 is 10.1 Å². The summed E-state index contributed by atoms with van der Waals surface area (Å²) in [5.41, 5.74) is -0.151. The summed E-state index contributed by atoms with van der Waals surface area (Å²) in [6.07, 6.45) is -0.953. The minimum absolute atomic E-state index is 0.0947. The van der Waals surface area contributed by atoms with Gasteiger partial charge in [-0.1, -0.05) is 22.9 Å². The maximum Gasteiger partial charge on any atom is 0.417 e. The molecule has 3 aromatic heterocycles. The Morgan fingerprint density at radius 2 is 2.00 bits per heavy atom. The van der Waals surface area contributed by atoms with Crippen molar-refractivity contribution in [3.8, 4) is 17.3 Å². The van der Waals surface area contributed by atoms with E-state index < -0.39 is 17.3 Å². The van der Waals surface area contributed by atoms with Gasteiger partial charge in [0.15, 0.2) is 5.82 Å². The van der Waals surface area contributed by atoms with Crippen molar-refractivity contribution in [1.82, 2.24) is 29.8 Å². The van der Waals surface area contributed by atoms with Crippen LogP contribution >= 0.6 is 11.6 Å². The van der Waals surface area contributed by atoms with Gasteiger partial charge in [-0.3, -0.25) is 4.79 Å². The van der Waals surface area contributed by atoms with Gasteiger partial charge in [-0.2, -0.15) is 23.0 Å². The topological polar surface area (TPSA) is 99.8 Å². The second-order valence-electron chi connectivity index (χ2n) is 6.70. The SMILES string of the molecule is COc1cccc(-n2cc(CNc3cnn(-c4ccc(C(F)(F)F)cn4)c(=O)c3Cl)nn2)c1. The first-order valence-corrected chi connectivity index (χ1v) is 9.75. The van der Waals surface area contributed by atoms with Crippen molar-refractivity contribution in [2.75, 3.05) is 12.4 Å². The zero-order valence-electron chi connectivity index (χ0n) is 16.9. The molecule has 13 heteroatoms. The van der Waals surface area contributed by atoms with Crippen molar-refractivity contribution in [3.63, 3.8) is 0 Å². The Kier molecular flexibility index (Phi) is 6.01. The van der Waals surface area contributed by atoms with E-state index in [1.54, 1.807) is 30.1 Å². The molecular formula is C20H15ClF3N7O2. The van der Waals surface area contributed by atoms with Crippen LogP contribution < -0.4 is 15.6 Å². The van der Waals surface area contributed by atoms with Gasteiger partial charge in [0.1, 0.15) is 16.5 Å². The highest BCUT2D eigenvalue weighted by molar-refractivity contribution is 6.32. The first-order valence-electron chi connectivity index (χ1n) is 9.37. The molecule has 0 aliphatic carbocycles. The fourth-order valence-electron chi connectivity index (χ4n) is 2.84. The van der Waals surface area contributed by atoms with Crippen LogP contribution in [0.4, 0.5) is 18.9 Å². The average molecular weight is 478 g/mol. The molecule has 170 valence electrons. The lowest BCUT2D eigenvalue weighted by Gasteiger charge is -2.10. The standard InChI is InChI=1S/C20H15ClF3N7O2/c1-33-15-4-2-3-14(7-15)30-11-13(28-29-30)9-25-16-10-27-31(19(32)18(16)21)17-6-5-12(8-26-17)20(22,23)24/h2-8,10-11,25H,9H2,1H3. The first-order chi connectivity index (χ1) is 15.8. The molecule has 3 heterocycles. The summed E-state index contributed by atoms with van der Waals surface area (Å²) in [6.45, 7) is 0.188. The lowest BCUT2D eigenvalue weighted by Crippen LogP contribution is -2.23. The predicted octanol–water partition coefficient (Wildman–Crippen LogP) is 3.50. The van der Waals surface area contributed by atoms with E-state index in [4.69, 9.17) is 16.3 Å². The molecule has 0 fully saturated rings. The van der Waals surface area contributed by atoms with Crippen molar-refractivity contribution in [2.24, 2.45) is 0 Å². The van der Waals surface area contributed by atoms with Crippen LogP contribution in [0.25, 0.3) is 11.5 Å². The number of nitrogens with one attached hydrogen (secondary N) is 1. The van der Waals surface area contributed by atoms with E-state index in [-0.39, 0.29) is 23.1 Å². The molecule has 0 bridgehead atoms. The minimum Gasteiger partial charge on any atom is -0.497 e. The van der Waals surface area contributed by atoms with Crippen LogP contribution in [0.2, 0.25) is 5.02 Å². The second kappa shape index (κ2) is 8.90. The third kappa shape index (κ3) is 4.80. The third-order valence-corrected chi connectivity index (χ3v) is 4.90.